The van der Waals surface area contributed by atoms with E-state index in [1.54, 1.807) is 23.6 Å². The minimum Gasteiger partial charge on any atom is -0.461 e. The van der Waals surface area contributed by atoms with Gasteiger partial charge in [-0.2, -0.15) is 13.2 Å². The second-order valence-electron chi connectivity index (χ2n) is 8.18. The van der Waals surface area contributed by atoms with Gasteiger partial charge in [0.05, 0.1) is 25.0 Å². The van der Waals surface area contributed by atoms with Gasteiger partial charge in [-0.1, -0.05) is 13.3 Å². The summed E-state index contributed by atoms with van der Waals surface area (Å²) < 4.78 is 46.0. The van der Waals surface area contributed by atoms with Gasteiger partial charge in [-0.3, -0.25) is 0 Å². The number of hydrogen-bond acceptors (Lipinski definition) is 10. The Balaban J connectivity index is 1.48. The molecule has 5 rings (SSSR count). The fourth-order valence-electron chi connectivity index (χ4n) is 4.06. The monoisotopic (exact) mass is 537 g/mol. The molecule has 0 saturated heterocycles. The third kappa shape index (κ3) is 4.78. The summed E-state index contributed by atoms with van der Waals surface area (Å²) in [6.45, 7) is 4.67. The lowest BCUT2D eigenvalue weighted by molar-refractivity contribution is -0.147. The fourth-order valence-corrected chi connectivity index (χ4v) is 5.97. The molecule has 0 amide bonds. The standard InChI is InChI=1S/C22H22F3N7O2S2/c1-3-5-12-8-13-18(31-6-7-32-16(10-31)29-30-21(32)22(23,24)25)27-15(28-19(13)36-12)9-17-26-14(11-35-17)20(33)34-4-2/h8,11H,3-7,9-10H2,1-2H3. The maximum atomic E-state index is 13.3. The first-order chi connectivity index (χ1) is 17.3. The number of aryl methyl sites for hydroxylation is 1. The molecule has 1 aliphatic heterocycles. The van der Waals surface area contributed by atoms with Crippen molar-refractivity contribution in [2.75, 3.05) is 18.1 Å². The summed E-state index contributed by atoms with van der Waals surface area (Å²) in [5.41, 5.74) is 0.246. The van der Waals surface area contributed by atoms with Crippen molar-refractivity contribution in [3.05, 3.63) is 44.5 Å². The highest BCUT2D eigenvalue weighted by atomic mass is 32.1. The SMILES string of the molecule is CCCc1cc2c(N3CCn4c(nnc4C(F)(F)F)C3)nc(Cc3nc(C(=O)OCC)cs3)nc2s1. The lowest BCUT2D eigenvalue weighted by Crippen LogP contribution is -2.36. The molecule has 0 N–H and O–H groups in total. The molecule has 5 heterocycles. The number of thiazole rings is 1. The summed E-state index contributed by atoms with van der Waals surface area (Å²) in [5.74, 6) is -0.0403. The minimum atomic E-state index is -4.55. The van der Waals surface area contributed by atoms with Crippen LogP contribution in [-0.2, 0) is 36.8 Å². The lowest BCUT2D eigenvalue weighted by atomic mass is 10.2. The maximum absolute atomic E-state index is 13.3. The molecule has 190 valence electrons. The Bertz CT molecular complexity index is 1410. The molecule has 0 spiro atoms. The number of aromatic nitrogens is 6. The van der Waals surface area contributed by atoms with Crippen LogP contribution in [0.1, 0.15) is 58.1 Å². The van der Waals surface area contributed by atoms with E-state index in [0.29, 0.717) is 29.6 Å². The summed E-state index contributed by atoms with van der Waals surface area (Å²) in [6.07, 6.45) is -2.36. The van der Waals surface area contributed by atoms with E-state index < -0.39 is 18.0 Å². The van der Waals surface area contributed by atoms with Crippen molar-refractivity contribution < 1.29 is 22.7 Å². The summed E-state index contributed by atoms with van der Waals surface area (Å²) in [4.78, 5) is 29.8. The number of carbonyl (C=O) groups excluding carboxylic acids is 1. The summed E-state index contributed by atoms with van der Waals surface area (Å²) >= 11 is 2.91. The largest absolute Gasteiger partial charge is 0.461 e. The quantitative estimate of drug-likeness (QED) is 0.318. The Morgan fingerprint density at radius 3 is 2.75 bits per heavy atom. The van der Waals surface area contributed by atoms with Gasteiger partial charge in [0.2, 0.25) is 5.82 Å². The van der Waals surface area contributed by atoms with Crippen molar-refractivity contribution in [3.63, 3.8) is 0 Å². The zero-order chi connectivity index (χ0) is 25.4. The maximum Gasteiger partial charge on any atom is 0.451 e. The fraction of sp³-hybridized carbons (Fsp3) is 0.455. The lowest BCUT2D eigenvalue weighted by Gasteiger charge is -2.29. The van der Waals surface area contributed by atoms with Gasteiger partial charge < -0.3 is 14.2 Å². The Kier molecular flexibility index (Phi) is 6.64. The van der Waals surface area contributed by atoms with Gasteiger partial charge in [0, 0.05) is 23.3 Å². The van der Waals surface area contributed by atoms with Gasteiger partial charge in [0.25, 0.3) is 0 Å². The normalized spacial score (nSPS) is 13.9. The molecule has 0 unspecified atom stereocenters. The van der Waals surface area contributed by atoms with Crippen molar-refractivity contribution in [2.24, 2.45) is 0 Å². The number of fused-ring (bicyclic) bond motifs is 2. The van der Waals surface area contributed by atoms with E-state index in [-0.39, 0.29) is 31.2 Å². The van der Waals surface area contributed by atoms with Crippen LogP contribution in [-0.4, -0.2) is 48.8 Å². The molecule has 0 atom stereocenters. The van der Waals surface area contributed by atoms with Crippen LogP contribution in [0.2, 0.25) is 0 Å². The van der Waals surface area contributed by atoms with Gasteiger partial charge >= 0.3 is 12.1 Å². The van der Waals surface area contributed by atoms with Gasteiger partial charge in [0.1, 0.15) is 21.5 Å². The van der Waals surface area contributed by atoms with Crippen molar-refractivity contribution in [2.45, 2.75) is 52.4 Å². The van der Waals surface area contributed by atoms with E-state index in [1.165, 1.54) is 16.2 Å². The van der Waals surface area contributed by atoms with Gasteiger partial charge in [-0.25, -0.2) is 19.7 Å². The molecule has 0 radical (unpaired) electrons. The number of esters is 1. The number of hydrogen-bond donors (Lipinski definition) is 0. The number of nitrogens with zero attached hydrogens (tertiary/aromatic N) is 7. The van der Waals surface area contributed by atoms with Gasteiger partial charge in [-0.05, 0) is 19.4 Å². The molecule has 36 heavy (non-hydrogen) atoms. The smallest absolute Gasteiger partial charge is 0.451 e. The molecular weight excluding hydrogens is 515 g/mol. The van der Waals surface area contributed by atoms with E-state index >= 15 is 0 Å². The predicted molar refractivity (Wildman–Crippen MR) is 128 cm³/mol. The first-order valence-corrected chi connectivity index (χ1v) is 13.1. The number of ether oxygens (including phenoxy) is 1. The molecule has 0 aliphatic carbocycles. The minimum absolute atomic E-state index is 0.0966. The molecule has 9 nitrogen and oxygen atoms in total. The van der Waals surface area contributed by atoms with Crippen LogP contribution < -0.4 is 4.90 Å². The molecular formula is C22H22F3N7O2S2. The van der Waals surface area contributed by atoms with Crippen LogP contribution in [0.4, 0.5) is 19.0 Å². The van der Waals surface area contributed by atoms with Gasteiger partial charge in [-0.15, -0.1) is 32.9 Å². The molecule has 0 saturated carbocycles. The predicted octanol–water partition coefficient (Wildman–Crippen LogP) is 4.50. The number of anilines is 1. The topological polar surface area (TPSA) is 98.9 Å². The Labute approximate surface area is 212 Å². The highest BCUT2D eigenvalue weighted by molar-refractivity contribution is 7.18. The van der Waals surface area contributed by atoms with Crippen molar-refractivity contribution in [1.82, 2.24) is 29.7 Å². The second-order valence-corrected chi connectivity index (χ2v) is 10.2. The molecule has 0 bridgehead atoms. The van der Waals surface area contributed by atoms with Crippen LogP contribution >= 0.6 is 22.7 Å². The highest BCUT2D eigenvalue weighted by Crippen LogP contribution is 2.35. The van der Waals surface area contributed by atoms with E-state index in [1.807, 2.05) is 4.90 Å². The van der Waals surface area contributed by atoms with Crippen LogP contribution in [0.3, 0.4) is 0 Å². The van der Waals surface area contributed by atoms with Gasteiger partial charge in [0.15, 0.2) is 11.5 Å². The summed E-state index contributed by atoms with van der Waals surface area (Å²) in [7, 11) is 0. The molecule has 1 aliphatic rings. The zero-order valence-corrected chi connectivity index (χ0v) is 21.1. The first kappa shape index (κ1) is 24.6. The number of alkyl halides is 3. The number of carbonyl (C=O) groups is 1. The first-order valence-electron chi connectivity index (χ1n) is 11.4. The number of thiophene rings is 1. The molecule has 0 fully saturated rings. The Morgan fingerprint density at radius 1 is 1.17 bits per heavy atom. The van der Waals surface area contributed by atoms with E-state index in [2.05, 4.69) is 28.2 Å². The second kappa shape index (κ2) is 9.73. The Morgan fingerprint density at radius 2 is 2.00 bits per heavy atom. The third-order valence-corrected chi connectivity index (χ3v) is 7.56. The van der Waals surface area contributed by atoms with Crippen LogP contribution in [0.25, 0.3) is 10.2 Å². The summed E-state index contributed by atoms with van der Waals surface area (Å²) in [5, 5.41) is 10.4. The van der Waals surface area contributed by atoms with E-state index in [4.69, 9.17) is 14.7 Å². The molecule has 0 aromatic carbocycles. The highest BCUT2D eigenvalue weighted by Gasteiger charge is 2.39. The van der Waals surface area contributed by atoms with Crippen molar-refractivity contribution in [3.8, 4) is 0 Å². The average Bonchev–Trinajstić information content (AvgIpc) is 3.56. The molecule has 4 aromatic heterocycles. The number of rotatable bonds is 7. The van der Waals surface area contributed by atoms with Crippen LogP contribution in [0, 0.1) is 0 Å². The van der Waals surface area contributed by atoms with Crippen molar-refractivity contribution >= 4 is 44.7 Å². The molecule has 14 heteroatoms. The van der Waals surface area contributed by atoms with Crippen molar-refractivity contribution in [1.29, 1.82) is 0 Å². The van der Waals surface area contributed by atoms with Crippen LogP contribution in [0.15, 0.2) is 11.4 Å². The average molecular weight is 538 g/mol. The van der Waals surface area contributed by atoms with Crippen LogP contribution in [0.5, 0.6) is 0 Å². The zero-order valence-electron chi connectivity index (χ0n) is 19.5. The van der Waals surface area contributed by atoms with E-state index in [0.717, 1.165) is 27.6 Å². The van der Waals surface area contributed by atoms with E-state index in [9.17, 15) is 18.0 Å². The molecule has 4 aromatic rings. The Hall–Kier alpha value is -3.13. The summed E-state index contributed by atoms with van der Waals surface area (Å²) in [6, 6.07) is 2.06. The third-order valence-electron chi connectivity index (χ3n) is 5.62. The number of halogens is 3.